The van der Waals surface area contributed by atoms with Crippen LogP contribution < -0.4 is 0 Å². The Kier molecular flexibility index (Phi) is 34.4. The summed E-state index contributed by atoms with van der Waals surface area (Å²) in [5.74, 6) is -6.46. The second kappa shape index (κ2) is 24.5. The van der Waals surface area contributed by atoms with Crippen molar-refractivity contribution in [3.05, 3.63) is 0 Å². The number of carboxylic acid groups (broad SMARTS) is 6. The Hall–Kier alpha value is -0.479. The van der Waals surface area contributed by atoms with Gasteiger partial charge in [0.25, 0.3) is 0 Å². The molecule has 0 saturated heterocycles. The molecular formula is C12H18Nd2O12. The van der Waals surface area contributed by atoms with Crippen molar-refractivity contribution in [2.45, 2.75) is 38.5 Å². The Labute approximate surface area is 213 Å². The van der Waals surface area contributed by atoms with Gasteiger partial charge >= 0.3 is 35.8 Å². The second-order valence-electron chi connectivity index (χ2n) is 3.86. The average Bonchev–Trinajstić information content (AvgIpc) is 2.42. The summed E-state index contributed by atoms with van der Waals surface area (Å²) in [7, 11) is 0. The van der Waals surface area contributed by atoms with Crippen LogP contribution in [0.5, 0.6) is 0 Å². The van der Waals surface area contributed by atoms with Gasteiger partial charge in [0, 0.05) is 81.7 Å². The molecule has 0 spiro atoms. The SMILES string of the molecule is O=C(O)CCC(=O)O.O=C(O)CCC(=O)O.O=C(O)CCC(=O)O.[Nd].[Nd]. The summed E-state index contributed by atoms with van der Waals surface area (Å²) in [5, 5.41) is 47.4. The minimum atomic E-state index is -1.08. The monoisotopic (exact) mass is 638 g/mol. The summed E-state index contributed by atoms with van der Waals surface area (Å²) < 4.78 is 0. The fraction of sp³-hybridized carbons (Fsp3) is 0.500. The Morgan fingerprint density at radius 3 is 0.462 bits per heavy atom. The van der Waals surface area contributed by atoms with Crippen LogP contribution in [0.3, 0.4) is 0 Å². The molecule has 6 N–H and O–H groups in total. The first-order chi connectivity index (χ1) is 10.9. The maximum atomic E-state index is 9.64. The van der Waals surface area contributed by atoms with E-state index in [2.05, 4.69) is 0 Å². The van der Waals surface area contributed by atoms with Crippen LogP contribution in [0.4, 0.5) is 0 Å². The predicted octanol–water partition coefficient (Wildman–Crippen LogP) is -0.193. The molecule has 0 unspecified atom stereocenters. The fourth-order valence-corrected chi connectivity index (χ4v) is 0.642. The molecule has 0 radical (unpaired) electrons. The third kappa shape index (κ3) is 56.6. The Balaban J connectivity index is -0.0000000817. The van der Waals surface area contributed by atoms with Crippen molar-refractivity contribution in [2.24, 2.45) is 0 Å². The Morgan fingerprint density at radius 2 is 0.423 bits per heavy atom. The standard InChI is InChI=1S/3C4H6O4.2Nd/c3*5-3(6)1-2-4(7)8;;/h3*1-2H2,(H,5,6)(H,7,8);;. The maximum Gasteiger partial charge on any atom is 0.303 e. The maximum absolute atomic E-state index is 9.64. The molecule has 0 aliphatic rings. The summed E-state index contributed by atoms with van der Waals surface area (Å²) in [6, 6.07) is 0. The molecule has 0 fully saturated rings. The van der Waals surface area contributed by atoms with E-state index in [0.717, 1.165) is 0 Å². The summed E-state index contributed by atoms with van der Waals surface area (Å²) in [4.78, 5) is 57.8. The predicted molar refractivity (Wildman–Crippen MR) is 73.5 cm³/mol. The molecule has 26 heavy (non-hydrogen) atoms. The first-order valence-corrected chi connectivity index (χ1v) is 6.19. The van der Waals surface area contributed by atoms with Crippen LogP contribution in [-0.4, -0.2) is 66.5 Å². The molecule has 14 heteroatoms. The summed E-state index contributed by atoms with van der Waals surface area (Å²) in [6.45, 7) is 0. The number of carboxylic acids is 6. The molecule has 0 aliphatic carbocycles. The van der Waals surface area contributed by atoms with Gasteiger partial charge in [-0.25, -0.2) is 0 Å². The van der Waals surface area contributed by atoms with E-state index in [-0.39, 0.29) is 120 Å². The molecule has 0 bridgehead atoms. The van der Waals surface area contributed by atoms with Crippen molar-refractivity contribution in [3.63, 3.8) is 0 Å². The molecule has 0 atom stereocenters. The van der Waals surface area contributed by atoms with Crippen molar-refractivity contribution >= 4 is 35.8 Å². The van der Waals surface area contributed by atoms with E-state index in [1.807, 2.05) is 0 Å². The number of aliphatic carboxylic acids is 6. The van der Waals surface area contributed by atoms with Crippen LogP contribution in [0.1, 0.15) is 38.5 Å². The second-order valence-corrected chi connectivity index (χ2v) is 3.86. The largest absolute Gasteiger partial charge is 0.481 e. The summed E-state index contributed by atoms with van der Waals surface area (Å²) >= 11 is 0. The van der Waals surface area contributed by atoms with Gasteiger partial charge in [-0.15, -0.1) is 0 Å². The van der Waals surface area contributed by atoms with Crippen molar-refractivity contribution in [1.29, 1.82) is 0 Å². The van der Waals surface area contributed by atoms with Crippen LogP contribution in [0, 0.1) is 81.7 Å². The number of hydrogen-bond acceptors (Lipinski definition) is 6. The van der Waals surface area contributed by atoms with E-state index in [4.69, 9.17) is 30.6 Å². The van der Waals surface area contributed by atoms with Crippen molar-refractivity contribution < 1.29 is 141 Å². The Bertz CT molecular complexity index is 355. The molecule has 0 saturated carbocycles. The van der Waals surface area contributed by atoms with Gasteiger partial charge in [-0.3, -0.25) is 28.8 Å². The molecule has 12 nitrogen and oxygen atoms in total. The zero-order valence-electron chi connectivity index (χ0n) is 13.4. The molecular weight excluding hydrogens is 625 g/mol. The summed E-state index contributed by atoms with van der Waals surface area (Å²) in [6.07, 6.45) is -1.78. The molecule has 0 rings (SSSR count). The number of rotatable bonds is 9. The van der Waals surface area contributed by atoms with Gasteiger partial charge in [0.05, 0.1) is 38.5 Å². The molecule has 0 aromatic carbocycles. The van der Waals surface area contributed by atoms with Crippen LogP contribution in [-0.2, 0) is 28.8 Å². The van der Waals surface area contributed by atoms with Crippen LogP contribution >= 0.6 is 0 Å². The van der Waals surface area contributed by atoms with Gasteiger partial charge < -0.3 is 30.6 Å². The topological polar surface area (TPSA) is 224 Å². The molecule has 0 amide bonds. The minimum Gasteiger partial charge on any atom is -0.481 e. The number of hydrogen-bond donors (Lipinski definition) is 6. The first kappa shape index (κ1) is 36.4. The van der Waals surface area contributed by atoms with E-state index in [0.29, 0.717) is 0 Å². The van der Waals surface area contributed by atoms with Crippen LogP contribution in [0.2, 0.25) is 0 Å². The van der Waals surface area contributed by atoms with E-state index in [1.165, 1.54) is 0 Å². The average molecular weight is 643 g/mol. The zero-order valence-corrected chi connectivity index (χ0v) is 19.8. The third-order valence-corrected chi connectivity index (χ3v) is 1.66. The molecule has 146 valence electrons. The van der Waals surface area contributed by atoms with Crippen LogP contribution in [0.25, 0.3) is 0 Å². The van der Waals surface area contributed by atoms with Gasteiger partial charge in [0.15, 0.2) is 0 Å². The smallest absolute Gasteiger partial charge is 0.303 e. The number of carbonyl (C=O) groups is 6. The molecule has 0 aromatic rings. The van der Waals surface area contributed by atoms with Gasteiger partial charge in [-0.05, 0) is 0 Å². The van der Waals surface area contributed by atoms with Gasteiger partial charge in [0.2, 0.25) is 0 Å². The van der Waals surface area contributed by atoms with Crippen molar-refractivity contribution in [2.75, 3.05) is 0 Å². The van der Waals surface area contributed by atoms with Gasteiger partial charge in [-0.1, -0.05) is 0 Å². The van der Waals surface area contributed by atoms with Gasteiger partial charge in [0.1, 0.15) is 0 Å². The first-order valence-electron chi connectivity index (χ1n) is 6.19. The summed E-state index contributed by atoms with van der Waals surface area (Å²) in [5.41, 5.74) is 0. The Morgan fingerprint density at radius 1 is 0.346 bits per heavy atom. The van der Waals surface area contributed by atoms with Gasteiger partial charge in [-0.2, -0.15) is 0 Å². The minimum absolute atomic E-state index is 0. The van der Waals surface area contributed by atoms with Crippen molar-refractivity contribution in [1.82, 2.24) is 0 Å². The molecule has 0 aliphatic heterocycles. The molecule has 0 heterocycles. The third-order valence-electron chi connectivity index (χ3n) is 1.66. The zero-order chi connectivity index (χ0) is 19.7. The van der Waals surface area contributed by atoms with E-state index in [9.17, 15) is 28.8 Å². The van der Waals surface area contributed by atoms with Crippen LogP contribution in [0.15, 0.2) is 0 Å². The molecule has 0 aromatic heterocycles. The quantitative estimate of drug-likeness (QED) is 0.193. The van der Waals surface area contributed by atoms with E-state index < -0.39 is 35.8 Å². The fourth-order valence-electron chi connectivity index (χ4n) is 0.642. The van der Waals surface area contributed by atoms with E-state index >= 15 is 0 Å². The normalized spacial score (nSPS) is 7.85. The van der Waals surface area contributed by atoms with Crippen molar-refractivity contribution in [3.8, 4) is 0 Å². The van der Waals surface area contributed by atoms with E-state index in [1.54, 1.807) is 0 Å².